The van der Waals surface area contributed by atoms with E-state index in [0.29, 0.717) is 11.7 Å². The maximum atomic E-state index is 12.3. The summed E-state index contributed by atoms with van der Waals surface area (Å²) in [5, 5.41) is 3.47. The van der Waals surface area contributed by atoms with Gasteiger partial charge in [-0.15, -0.1) is 0 Å². The highest BCUT2D eigenvalue weighted by atomic mass is 32.1. The fourth-order valence-electron chi connectivity index (χ4n) is 2.72. The van der Waals surface area contributed by atoms with Crippen LogP contribution in [-0.4, -0.2) is 17.5 Å². The fraction of sp³-hybridized carbons (Fsp3) is 0.304. The Morgan fingerprint density at radius 2 is 2.00 bits per heavy atom. The average molecular weight is 395 g/mol. The van der Waals surface area contributed by atoms with Gasteiger partial charge in [-0.1, -0.05) is 63.3 Å². The Morgan fingerprint density at radius 3 is 2.75 bits per heavy atom. The number of thiazole rings is 1. The molecule has 1 aromatic heterocycles. The van der Waals surface area contributed by atoms with Gasteiger partial charge >= 0.3 is 0 Å². The van der Waals surface area contributed by atoms with Gasteiger partial charge in [0.15, 0.2) is 5.13 Å². The molecule has 5 heteroatoms. The third-order valence-corrected chi connectivity index (χ3v) is 5.21. The van der Waals surface area contributed by atoms with Gasteiger partial charge in [0.25, 0.3) is 0 Å². The Morgan fingerprint density at radius 1 is 1.21 bits per heavy atom. The largest absolute Gasteiger partial charge is 0.493 e. The molecule has 0 saturated heterocycles. The van der Waals surface area contributed by atoms with Crippen molar-refractivity contribution in [1.29, 1.82) is 0 Å². The summed E-state index contributed by atoms with van der Waals surface area (Å²) in [6.07, 6.45) is 4.22. The summed E-state index contributed by atoms with van der Waals surface area (Å²) >= 11 is 1.49. The first-order valence-corrected chi connectivity index (χ1v) is 10.3. The number of carbonyl (C=O) groups is 1. The standard InChI is InChI=1S/C23H26N2O2S/c1-5-14-27-19-9-7-6-8-16(19)10-13-21(26)25-22-24-18-12-11-17(23(2,3)4)15-20(18)28-22/h6-13,15H,5,14H2,1-4H3,(H,24,25,26)/b13-10+. The zero-order chi connectivity index (χ0) is 20.1. The van der Waals surface area contributed by atoms with Gasteiger partial charge in [-0.25, -0.2) is 4.98 Å². The van der Waals surface area contributed by atoms with Gasteiger partial charge in [-0.05, 0) is 41.7 Å². The van der Waals surface area contributed by atoms with Crippen LogP contribution in [0.1, 0.15) is 45.2 Å². The summed E-state index contributed by atoms with van der Waals surface area (Å²) in [7, 11) is 0. The van der Waals surface area contributed by atoms with Crippen LogP contribution in [0.25, 0.3) is 16.3 Å². The van der Waals surface area contributed by atoms with E-state index in [9.17, 15) is 4.79 Å². The Labute approximate surface area is 170 Å². The maximum absolute atomic E-state index is 12.3. The van der Waals surface area contributed by atoms with Crippen molar-refractivity contribution in [1.82, 2.24) is 4.98 Å². The summed E-state index contributed by atoms with van der Waals surface area (Å²) in [5.41, 5.74) is 3.11. The summed E-state index contributed by atoms with van der Waals surface area (Å²) in [5.74, 6) is 0.573. The molecular formula is C23H26N2O2S. The van der Waals surface area contributed by atoms with Gasteiger partial charge in [0, 0.05) is 11.6 Å². The number of rotatable bonds is 6. The molecular weight excluding hydrogens is 368 g/mol. The van der Waals surface area contributed by atoms with Crippen molar-refractivity contribution < 1.29 is 9.53 Å². The Hall–Kier alpha value is -2.66. The molecule has 0 radical (unpaired) electrons. The molecule has 0 fully saturated rings. The maximum Gasteiger partial charge on any atom is 0.250 e. The van der Waals surface area contributed by atoms with Gasteiger partial charge in [-0.2, -0.15) is 0 Å². The minimum absolute atomic E-state index is 0.0809. The molecule has 0 saturated carbocycles. The molecule has 0 aliphatic carbocycles. The molecule has 0 atom stereocenters. The van der Waals surface area contributed by atoms with Crippen LogP contribution >= 0.6 is 11.3 Å². The molecule has 0 spiro atoms. The van der Waals surface area contributed by atoms with Crippen molar-refractivity contribution in [2.24, 2.45) is 0 Å². The van der Waals surface area contributed by atoms with E-state index in [-0.39, 0.29) is 11.3 Å². The van der Waals surface area contributed by atoms with Crippen LogP contribution in [0.15, 0.2) is 48.5 Å². The van der Waals surface area contributed by atoms with Gasteiger partial charge in [0.2, 0.25) is 5.91 Å². The SMILES string of the molecule is CCCOc1ccccc1/C=C/C(=O)Nc1nc2ccc(C(C)(C)C)cc2s1. The molecule has 0 aliphatic rings. The lowest BCUT2D eigenvalue weighted by Crippen LogP contribution is -2.10. The van der Waals surface area contributed by atoms with E-state index >= 15 is 0 Å². The molecule has 0 unspecified atom stereocenters. The normalized spacial score (nSPS) is 11.9. The molecule has 2 aromatic carbocycles. The van der Waals surface area contributed by atoms with E-state index in [4.69, 9.17) is 4.74 Å². The van der Waals surface area contributed by atoms with Gasteiger partial charge < -0.3 is 4.74 Å². The number of para-hydroxylation sites is 1. The zero-order valence-electron chi connectivity index (χ0n) is 16.8. The number of hydrogen-bond donors (Lipinski definition) is 1. The lowest BCUT2D eigenvalue weighted by molar-refractivity contribution is -0.111. The summed E-state index contributed by atoms with van der Waals surface area (Å²) in [4.78, 5) is 16.9. The number of fused-ring (bicyclic) bond motifs is 1. The minimum Gasteiger partial charge on any atom is -0.493 e. The number of anilines is 1. The first-order chi connectivity index (χ1) is 13.4. The van der Waals surface area contributed by atoms with Crippen LogP contribution in [0.3, 0.4) is 0 Å². The summed E-state index contributed by atoms with van der Waals surface area (Å²) < 4.78 is 6.80. The van der Waals surface area contributed by atoms with Crippen molar-refractivity contribution >= 4 is 38.7 Å². The molecule has 3 aromatic rings. The summed E-state index contributed by atoms with van der Waals surface area (Å²) in [6, 6.07) is 14.0. The van der Waals surface area contributed by atoms with E-state index in [2.05, 4.69) is 50.1 Å². The average Bonchev–Trinajstić information content (AvgIpc) is 3.06. The second-order valence-corrected chi connectivity index (χ2v) is 8.69. The Balaban J connectivity index is 1.72. The van der Waals surface area contributed by atoms with Crippen LogP contribution in [0.4, 0.5) is 5.13 Å². The van der Waals surface area contributed by atoms with E-state index in [1.165, 1.54) is 23.0 Å². The molecule has 3 rings (SSSR count). The van der Waals surface area contributed by atoms with E-state index in [1.54, 1.807) is 6.08 Å². The first-order valence-electron chi connectivity index (χ1n) is 9.49. The van der Waals surface area contributed by atoms with Gasteiger partial charge in [0.05, 0.1) is 16.8 Å². The monoisotopic (exact) mass is 394 g/mol. The third kappa shape index (κ3) is 4.98. The van der Waals surface area contributed by atoms with E-state index < -0.39 is 0 Å². The van der Waals surface area contributed by atoms with Crippen molar-refractivity contribution in [3.63, 3.8) is 0 Å². The smallest absolute Gasteiger partial charge is 0.250 e. The van der Waals surface area contributed by atoms with Crippen LogP contribution < -0.4 is 10.1 Å². The molecule has 4 nitrogen and oxygen atoms in total. The highest BCUT2D eigenvalue weighted by Crippen LogP contribution is 2.31. The number of aromatic nitrogens is 1. The number of ether oxygens (including phenoxy) is 1. The van der Waals surface area contributed by atoms with Crippen molar-refractivity contribution in [2.45, 2.75) is 39.5 Å². The third-order valence-electron chi connectivity index (χ3n) is 4.28. The topological polar surface area (TPSA) is 51.2 Å². The number of benzene rings is 2. The molecule has 0 aliphatic heterocycles. The minimum atomic E-state index is -0.208. The molecule has 1 amide bonds. The molecule has 1 heterocycles. The van der Waals surface area contributed by atoms with E-state index in [0.717, 1.165) is 28.0 Å². The van der Waals surface area contributed by atoms with Crippen molar-refractivity contribution in [2.75, 3.05) is 11.9 Å². The number of nitrogens with one attached hydrogen (secondary N) is 1. The molecule has 0 bridgehead atoms. The second-order valence-electron chi connectivity index (χ2n) is 7.66. The van der Waals surface area contributed by atoms with Crippen molar-refractivity contribution in [3.8, 4) is 5.75 Å². The highest BCUT2D eigenvalue weighted by Gasteiger charge is 2.15. The number of nitrogens with zero attached hydrogens (tertiary/aromatic N) is 1. The quantitative estimate of drug-likeness (QED) is 0.519. The molecule has 146 valence electrons. The number of carbonyl (C=O) groups excluding carboxylic acids is 1. The first kappa shape index (κ1) is 20.1. The summed E-state index contributed by atoms with van der Waals surface area (Å²) in [6.45, 7) is 9.27. The number of amides is 1. The Bertz CT molecular complexity index is 999. The fourth-order valence-corrected chi connectivity index (χ4v) is 3.63. The van der Waals surface area contributed by atoms with Crippen LogP contribution in [-0.2, 0) is 10.2 Å². The van der Waals surface area contributed by atoms with Crippen LogP contribution in [0.5, 0.6) is 5.75 Å². The van der Waals surface area contributed by atoms with Gasteiger partial charge in [-0.3, -0.25) is 10.1 Å². The highest BCUT2D eigenvalue weighted by molar-refractivity contribution is 7.22. The lowest BCUT2D eigenvalue weighted by atomic mass is 9.87. The molecule has 1 N–H and O–H groups in total. The zero-order valence-corrected chi connectivity index (χ0v) is 17.6. The predicted octanol–water partition coefficient (Wildman–Crippen LogP) is 6.03. The van der Waals surface area contributed by atoms with Gasteiger partial charge in [0.1, 0.15) is 5.75 Å². The number of hydrogen-bond acceptors (Lipinski definition) is 4. The van der Waals surface area contributed by atoms with Crippen LogP contribution in [0.2, 0.25) is 0 Å². The lowest BCUT2D eigenvalue weighted by Gasteiger charge is -2.18. The van der Waals surface area contributed by atoms with Crippen molar-refractivity contribution in [3.05, 3.63) is 59.7 Å². The predicted molar refractivity (Wildman–Crippen MR) is 118 cm³/mol. The molecule has 28 heavy (non-hydrogen) atoms. The van der Waals surface area contributed by atoms with E-state index in [1.807, 2.05) is 30.3 Å². The Kier molecular flexibility index (Phi) is 6.15. The van der Waals surface area contributed by atoms with Crippen LogP contribution in [0, 0.1) is 0 Å². The second kappa shape index (κ2) is 8.57.